The van der Waals surface area contributed by atoms with Crippen molar-refractivity contribution >= 4 is 86.4 Å². The third-order valence-electron chi connectivity index (χ3n) is 6.36. The SMILES string of the molecule is COCCNC(=O)c1cccc(NC(=O)NCC(=O)N(C)c2ccc(Cl)c(COc3cccn4c(Br)c(C)nc34)c2Cl)c1.Cl. The Morgan fingerprint density at radius 1 is 1.09 bits per heavy atom. The second kappa shape index (κ2) is 16.0. The van der Waals surface area contributed by atoms with Gasteiger partial charge in [0.15, 0.2) is 11.4 Å². The summed E-state index contributed by atoms with van der Waals surface area (Å²) >= 11 is 16.7. The number of fused-ring (bicyclic) bond motifs is 1. The van der Waals surface area contributed by atoms with Crippen molar-refractivity contribution in [1.29, 1.82) is 0 Å². The van der Waals surface area contributed by atoms with Gasteiger partial charge in [-0.1, -0.05) is 29.3 Å². The number of ether oxygens (including phenoxy) is 2. The van der Waals surface area contributed by atoms with Gasteiger partial charge in [0.2, 0.25) is 5.91 Å². The average Bonchev–Trinajstić information content (AvgIpc) is 3.29. The number of carbonyl (C=O) groups is 3. The minimum Gasteiger partial charge on any atom is -0.485 e. The van der Waals surface area contributed by atoms with Crippen molar-refractivity contribution in [3.05, 3.63) is 86.2 Å². The van der Waals surface area contributed by atoms with Crippen LogP contribution in [0.3, 0.4) is 0 Å². The highest BCUT2D eigenvalue weighted by Gasteiger charge is 2.20. The third-order valence-corrected chi connectivity index (χ3v) is 8.09. The lowest BCUT2D eigenvalue weighted by molar-refractivity contribution is -0.117. The van der Waals surface area contributed by atoms with Crippen LogP contribution in [0.15, 0.2) is 59.3 Å². The molecule has 3 N–H and O–H groups in total. The molecule has 0 aliphatic heterocycles. The maximum absolute atomic E-state index is 13.0. The minimum atomic E-state index is -0.620. The van der Waals surface area contributed by atoms with Gasteiger partial charge in [-0.2, -0.15) is 0 Å². The molecule has 11 nitrogen and oxygen atoms in total. The van der Waals surface area contributed by atoms with E-state index >= 15 is 0 Å². The van der Waals surface area contributed by atoms with E-state index in [2.05, 4.69) is 36.9 Å². The van der Waals surface area contributed by atoms with E-state index in [-0.39, 0.29) is 36.5 Å². The highest BCUT2D eigenvalue weighted by Crippen LogP contribution is 2.35. The lowest BCUT2D eigenvalue weighted by Gasteiger charge is -2.21. The molecule has 0 saturated carbocycles. The molecule has 0 aliphatic carbocycles. The van der Waals surface area contributed by atoms with Crippen molar-refractivity contribution in [2.75, 3.05) is 44.1 Å². The highest BCUT2D eigenvalue weighted by atomic mass is 79.9. The average molecular weight is 729 g/mol. The number of imidazole rings is 1. The zero-order valence-corrected chi connectivity index (χ0v) is 27.9. The first-order valence-electron chi connectivity index (χ1n) is 13.0. The number of rotatable bonds is 11. The molecule has 0 radical (unpaired) electrons. The predicted molar refractivity (Wildman–Crippen MR) is 177 cm³/mol. The summed E-state index contributed by atoms with van der Waals surface area (Å²) in [5.74, 6) is -0.199. The zero-order valence-electron chi connectivity index (χ0n) is 23.9. The maximum atomic E-state index is 13.0. The summed E-state index contributed by atoms with van der Waals surface area (Å²) in [5.41, 5.74) is 3.07. The van der Waals surface area contributed by atoms with Crippen LogP contribution in [0.1, 0.15) is 21.6 Å². The minimum absolute atomic E-state index is 0. The molecule has 0 atom stereocenters. The Morgan fingerprint density at radius 3 is 2.61 bits per heavy atom. The molecule has 4 aromatic rings. The molecule has 0 aliphatic rings. The van der Waals surface area contributed by atoms with E-state index in [9.17, 15) is 14.4 Å². The zero-order chi connectivity index (χ0) is 31.1. The molecule has 0 saturated heterocycles. The summed E-state index contributed by atoms with van der Waals surface area (Å²) in [4.78, 5) is 43.6. The number of halogens is 4. The molecule has 4 amide bonds. The molecule has 2 aromatic heterocycles. The summed E-state index contributed by atoms with van der Waals surface area (Å²) in [7, 11) is 3.08. The standard InChI is InChI=1S/C29H29BrCl2N6O5.ClH/c1-17-26(30)38-12-5-8-23(27(38)35-17)43-16-20-21(31)9-10-22(25(20)32)37(2)24(39)15-34-29(41)36-19-7-4-6-18(14-19)28(40)33-11-13-42-3;/h4-10,12,14H,11,13,15-16H2,1-3H3,(H,33,40)(H2,34,36,41);1H. The lowest BCUT2D eigenvalue weighted by Crippen LogP contribution is -2.40. The number of nitrogens with zero attached hydrogens (tertiary/aromatic N) is 3. The first-order chi connectivity index (χ1) is 20.6. The molecule has 2 aromatic carbocycles. The number of aromatic nitrogens is 2. The largest absolute Gasteiger partial charge is 0.485 e. The lowest BCUT2D eigenvalue weighted by atomic mass is 10.2. The number of methoxy groups -OCH3 is 1. The number of carbonyl (C=O) groups excluding carboxylic acids is 3. The van der Waals surface area contributed by atoms with Crippen LogP contribution in [0, 0.1) is 6.92 Å². The molecular formula is C29H30BrCl3N6O5. The monoisotopic (exact) mass is 726 g/mol. The summed E-state index contributed by atoms with van der Waals surface area (Å²) in [6.45, 7) is 2.33. The number of pyridine rings is 1. The van der Waals surface area contributed by atoms with Crippen molar-refractivity contribution in [2.45, 2.75) is 13.5 Å². The smallest absolute Gasteiger partial charge is 0.319 e. The van der Waals surface area contributed by atoms with Gasteiger partial charge in [-0.15, -0.1) is 12.4 Å². The molecule has 0 bridgehead atoms. The molecular weight excluding hydrogens is 699 g/mol. The molecule has 234 valence electrons. The van der Waals surface area contributed by atoms with E-state index in [1.807, 2.05) is 23.6 Å². The van der Waals surface area contributed by atoms with Crippen LogP contribution < -0.4 is 25.6 Å². The number of nitrogens with one attached hydrogen (secondary N) is 3. The van der Waals surface area contributed by atoms with Gasteiger partial charge < -0.3 is 30.3 Å². The number of aryl methyl sites for hydroxylation is 1. The molecule has 2 heterocycles. The van der Waals surface area contributed by atoms with Crippen molar-refractivity contribution < 1.29 is 23.9 Å². The van der Waals surface area contributed by atoms with E-state index in [1.165, 1.54) is 11.0 Å². The molecule has 4 rings (SSSR count). The van der Waals surface area contributed by atoms with Gasteiger partial charge in [-0.25, -0.2) is 9.78 Å². The van der Waals surface area contributed by atoms with Gasteiger partial charge >= 0.3 is 6.03 Å². The van der Waals surface area contributed by atoms with Crippen LogP contribution in [-0.4, -0.2) is 61.1 Å². The van der Waals surface area contributed by atoms with E-state index < -0.39 is 11.9 Å². The highest BCUT2D eigenvalue weighted by molar-refractivity contribution is 9.10. The van der Waals surface area contributed by atoms with Gasteiger partial charge in [-0.3, -0.25) is 14.0 Å². The Labute approximate surface area is 278 Å². The predicted octanol–water partition coefficient (Wildman–Crippen LogP) is 5.87. The Bertz CT molecular complexity index is 1670. The summed E-state index contributed by atoms with van der Waals surface area (Å²) in [6, 6.07) is 12.7. The molecule has 0 fully saturated rings. The Morgan fingerprint density at radius 2 is 1.86 bits per heavy atom. The number of urea groups is 1. The molecule has 0 spiro atoms. The van der Waals surface area contributed by atoms with Crippen LogP contribution >= 0.6 is 51.5 Å². The number of hydrogen-bond donors (Lipinski definition) is 3. The third kappa shape index (κ3) is 8.33. The Kier molecular flexibility index (Phi) is 12.7. The van der Waals surface area contributed by atoms with Gasteiger partial charge in [-0.05, 0) is 65.3 Å². The number of anilines is 2. The fourth-order valence-electron chi connectivity index (χ4n) is 4.06. The van der Waals surface area contributed by atoms with Crippen LogP contribution in [0.2, 0.25) is 10.0 Å². The number of benzene rings is 2. The van der Waals surface area contributed by atoms with Crippen LogP contribution in [0.5, 0.6) is 5.75 Å². The van der Waals surface area contributed by atoms with Crippen molar-refractivity contribution in [3.8, 4) is 5.75 Å². The fourth-order valence-corrected chi connectivity index (χ4v) is 5.04. The first-order valence-corrected chi connectivity index (χ1v) is 14.6. The molecule has 0 unspecified atom stereocenters. The van der Waals surface area contributed by atoms with Crippen LogP contribution in [-0.2, 0) is 16.1 Å². The summed E-state index contributed by atoms with van der Waals surface area (Å²) < 4.78 is 13.6. The summed E-state index contributed by atoms with van der Waals surface area (Å²) in [6.07, 6.45) is 1.86. The number of likely N-dealkylation sites (N-methyl/N-ethyl adjacent to an activating group) is 1. The Hall–Kier alpha value is -3.55. The van der Waals surface area contributed by atoms with E-state index in [0.29, 0.717) is 52.1 Å². The number of hydrogen-bond acceptors (Lipinski definition) is 6. The fraction of sp³-hybridized carbons (Fsp3) is 0.241. The quantitative estimate of drug-likeness (QED) is 0.166. The summed E-state index contributed by atoms with van der Waals surface area (Å²) in [5, 5.41) is 8.46. The number of amides is 4. The van der Waals surface area contributed by atoms with Crippen LogP contribution in [0.25, 0.3) is 5.65 Å². The normalized spacial score (nSPS) is 10.6. The Balaban J connectivity index is 0.00000529. The van der Waals surface area contributed by atoms with Crippen molar-refractivity contribution in [2.24, 2.45) is 0 Å². The van der Waals surface area contributed by atoms with Crippen LogP contribution in [0.4, 0.5) is 16.2 Å². The topological polar surface area (TPSA) is 126 Å². The first kappa shape index (κ1) is 34.9. The molecule has 44 heavy (non-hydrogen) atoms. The van der Waals surface area contributed by atoms with E-state index in [1.54, 1.807) is 50.6 Å². The van der Waals surface area contributed by atoms with E-state index in [0.717, 1.165) is 10.3 Å². The second-order valence-corrected chi connectivity index (χ2v) is 10.8. The van der Waals surface area contributed by atoms with Gasteiger partial charge in [0, 0.05) is 48.7 Å². The van der Waals surface area contributed by atoms with Gasteiger partial charge in [0.05, 0.1) is 29.6 Å². The van der Waals surface area contributed by atoms with Crippen molar-refractivity contribution in [3.63, 3.8) is 0 Å². The molecule has 15 heteroatoms. The van der Waals surface area contributed by atoms with Crippen molar-refractivity contribution in [1.82, 2.24) is 20.0 Å². The van der Waals surface area contributed by atoms with Gasteiger partial charge in [0.25, 0.3) is 5.91 Å². The maximum Gasteiger partial charge on any atom is 0.319 e. The van der Waals surface area contributed by atoms with Gasteiger partial charge in [0.1, 0.15) is 11.2 Å². The van der Waals surface area contributed by atoms with E-state index in [4.69, 9.17) is 32.7 Å². The second-order valence-electron chi connectivity index (χ2n) is 9.29.